The topological polar surface area (TPSA) is 68.3 Å². The molecule has 14 heavy (non-hydrogen) atoms. The summed E-state index contributed by atoms with van der Waals surface area (Å²) in [6.07, 6.45) is 9.61. The van der Waals surface area contributed by atoms with Gasteiger partial charge in [-0.3, -0.25) is 0 Å². The molecular weight excluding hydrogens is 224 g/mol. The average molecular weight is 234 g/mol. The summed E-state index contributed by atoms with van der Waals surface area (Å²) < 4.78 is 43.5. The number of hydrogen-bond acceptors (Lipinski definition) is 4. The lowest BCUT2D eigenvalue weighted by Crippen LogP contribution is -2.30. The fourth-order valence-electron chi connectivity index (χ4n) is 0.690. The van der Waals surface area contributed by atoms with Gasteiger partial charge in [0.1, 0.15) is 11.5 Å². The van der Waals surface area contributed by atoms with Gasteiger partial charge in [-0.25, -0.2) is 16.8 Å². The van der Waals surface area contributed by atoms with Crippen LogP contribution in [0.4, 0.5) is 0 Å². The SMILES string of the molecule is C#CCS(=O)(=O)C(C)S(=O)(=O)CC#C. The van der Waals surface area contributed by atoms with Crippen LogP contribution in [0.1, 0.15) is 6.92 Å². The van der Waals surface area contributed by atoms with Gasteiger partial charge in [-0.15, -0.1) is 12.8 Å². The quantitative estimate of drug-likeness (QED) is 0.611. The summed E-state index contributed by atoms with van der Waals surface area (Å²) in [4.78, 5) is 0. The van der Waals surface area contributed by atoms with Crippen molar-refractivity contribution in [3.05, 3.63) is 0 Å². The zero-order chi connectivity index (χ0) is 11.4. The Labute approximate surface area is 84.5 Å². The predicted molar refractivity (Wildman–Crippen MR) is 54.7 cm³/mol. The molecule has 4 nitrogen and oxygen atoms in total. The van der Waals surface area contributed by atoms with Gasteiger partial charge in [-0.1, -0.05) is 11.8 Å². The number of hydrogen-bond donors (Lipinski definition) is 0. The van der Waals surface area contributed by atoms with E-state index in [-0.39, 0.29) is 0 Å². The highest BCUT2D eigenvalue weighted by atomic mass is 32.3. The standard InChI is InChI=1S/C8H10O4S2/c1-4-6-13(9,10)8(3)14(11,12)7-5-2/h1-2,8H,6-7H2,3H3. The molecule has 0 aromatic rings. The van der Waals surface area contributed by atoms with Crippen molar-refractivity contribution in [2.45, 2.75) is 11.5 Å². The van der Waals surface area contributed by atoms with Gasteiger partial charge in [0.05, 0.1) is 0 Å². The van der Waals surface area contributed by atoms with Crippen LogP contribution in [0.5, 0.6) is 0 Å². The van der Waals surface area contributed by atoms with Crippen LogP contribution in [-0.4, -0.2) is 32.9 Å². The molecule has 0 atom stereocenters. The molecule has 0 fully saturated rings. The maximum atomic E-state index is 11.3. The van der Waals surface area contributed by atoms with Crippen LogP contribution in [0.3, 0.4) is 0 Å². The second-order valence-electron chi connectivity index (χ2n) is 2.59. The molecule has 0 aliphatic heterocycles. The molecule has 0 rings (SSSR count). The highest BCUT2D eigenvalue weighted by Gasteiger charge is 2.31. The monoisotopic (exact) mass is 234 g/mol. The van der Waals surface area contributed by atoms with Gasteiger partial charge in [0.15, 0.2) is 24.3 Å². The Bertz CT molecular complexity index is 424. The molecule has 0 unspecified atom stereocenters. The fourth-order valence-corrected chi connectivity index (χ4v) is 3.82. The Hall–Kier alpha value is -0.980. The Balaban J connectivity index is 5.12. The van der Waals surface area contributed by atoms with Gasteiger partial charge in [-0.05, 0) is 6.92 Å². The average Bonchev–Trinajstić information content (AvgIpc) is 2.02. The molecule has 0 aliphatic rings. The zero-order valence-electron chi connectivity index (χ0n) is 7.60. The van der Waals surface area contributed by atoms with Crippen LogP contribution in [-0.2, 0) is 19.7 Å². The van der Waals surface area contributed by atoms with Crippen molar-refractivity contribution in [1.29, 1.82) is 0 Å². The minimum atomic E-state index is -3.81. The van der Waals surface area contributed by atoms with Crippen LogP contribution >= 0.6 is 0 Å². The minimum Gasteiger partial charge on any atom is -0.227 e. The molecule has 78 valence electrons. The van der Waals surface area contributed by atoms with Gasteiger partial charge in [-0.2, -0.15) is 0 Å². The molecule has 0 N–H and O–H groups in total. The van der Waals surface area contributed by atoms with E-state index in [9.17, 15) is 16.8 Å². The molecule has 0 aliphatic carbocycles. The zero-order valence-corrected chi connectivity index (χ0v) is 9.23. The molecule has 0 amide bonds. The lowest BCUT2D eigenvalue weighted by molar-refractivity contribution is 0.581. The molecule has 0 saturated carbocycles. The van der Waals surface area contributed by atoms with E-state index in [0.29, 0.717) is 0 Å². The van der Waals surface area contributed by atoms with E-state index in [1.54, 1.807) is 0 Å². The van der Waals surface area contributed by atoms with E-state index in [4.69, 9.17) is 12.8 Å². The summed E-state index contributed by atoms with van der Waals surface area (Å²) in [6, 6.07) is 0. The normalized spacial score (nSPS) is 12.0. The van der Waals surface area contributed by atoms with Gasteiger partial charge in [0.25, 0.3) is 0 Å². The third-order valence-corrected chi connectivity index (χ3v) is 6.50. The van der Waals surface area contributed by atoms with Crippen molar-refractivity contribution < 1.29 is 16.8 Å². The van der Waals surface area contributed by atoms with E-state index in [0.717, 1.165) is 6.92 Å². The second kappa shape index (κ2) is 4.50. The van der Waals surface area contributed by atoms with Crippen molar-refractivity contribution in [2.24, 2.45) is 0 Å². The van der Waals surface area contributed by atoms with Gasteiger partial charge in [0, 0.05) is 0 Å². The summed E-state index contributed by atoms with van der Waals surface area (Å²) in [6.45, 7) is 1.07. The van der Waals surface area contributed by atoms with Crippen molar-refractivity contribution in [1.82, 2.24) is 0 Å². The van der Waals surface area contributed by atoms with Crippen LogP contribution in [0.15, 0.2) is 0 Å². The Kier molecular flexibility index (Phi) is 4.18. The van der Waals surface area contributed by atoms with Crippen molar-refractivity contribution in [3.8, 4) is 24.7 Å². The van der Waals surface area contributed by atoms with E-state index in [1.165, 1.54) is 0 Å². The first-order valence-corrected chi connectivity index (χ1v) is 7.01. The first kappa shape index (κ1) is 13.0. The summed E-state index contributed by atoms with van der Waals surface area (Å²) in [7, 11) is -7.62. The van der Waals surface area contributed by atoms with Crippen LogP contribution in [0.2, 0.25) is 0 Å². The van der Waals surface area contributed by atoms with E-state index in [2.05, 4.69) is 0 Å². The van der Waals surface area contributed by atoms with Crippen LogP contribution in [0.25, 0.3) is 0 Å². The molecular formula is C8H10O4S2. The number of terminal acetylenes is 2. The Morgan fingerprint density at radius 3 is 1.50 bits per heavy atom. The smallest absolute Gasteiger partial charge is 0.178 e. The van der Waals surface area contributed by atoms with Crippen molar-refractivity contribution in [2.75, 3.05) is 11.5 Å². The number of sulfone groups is 2. The first-order chi connectivity index (χ1) is 6.28. The molecule has 0 spiro atoms. The molecule has 0 aromatic carbocycles. The third kappa shape index (κ3) is 3.06. The number of rotatable bonds is 4. The van der Waals surface area contributed by atoms with Crippen molar-refractivity contribution >= 4 is 19.7 Å². The predicted octanol–water partition coefficient (Wildman–Crippen LogP) is -0.572. The minimum absolute atomic E-state index is 0.599. The summed E-state index contributed by atoms with van der Waals surface area (Å²) >= 11 is 0. The maximum Gasteiger partial charge on any atom is 0.178 e. The Morgan fingerprint density at radius 1 is 1.00 bits per heavy atom. The van der Waals surface area contributed by atoms with Gasteiger partial charge >= 0.3 is 0 Å². The van der Waals surface area contributed by atoms with Crippen LogP contribution < -0.4 is 0 Å². The van der Waals surface area contributed by atoms with E-state index >= 15 is 0 Å². The summed E-state index contributed by atoms with van der Waals surface area (Å²) in [5.41, 5.74) is 0. The molecule has 0 aromatic heterocycles. The first-order valence-electron chi connectivity index (χ1n) is 3.58. The van der Waals surface area contributed by atoms with E-state index < -0.39 is 35.8 Å². The lowest BCUT2D eigenvalue weighted by atomic mass is 10.8. The third-order valence-electron chi connectivity index (χ3n) is 1.58. The largest absolute Gasteiger partial charge is 0.227 e. The Morgan fingerprint density at radius 2 is 1.29 bits per heavy atom. The van der Waals surface area contributed by atoms with Gasteiger partial charge in [0.2, 0.25) is 0 Å². The summed E-state index contributed by atoms with van der Waals surface area (Å²) in [5.74, 6) is 2.60. The molecule has 0 bridgehead atoms. The van der Waals surface area contributed by atoms with Crippen LogP contribution in [0, 0.1) is 24.7 Å². The fraction of sp³-hybridized carbons (Fsp3) is 0.500. The highest BCUT2D eigenvalue weighted by Crippen LogP contribution is 2.10. The molecule has 0 heterocycles. The lowest BCUT2D eigenvalue weighted by Gasteiger charge is -2.09. The second-order valence-corrected chi connectivity index (χ2v) is 7.53. The van der Waals surface area contributed by atoms with Crippen molar-refractivity contribution in [3.63, 3.8) is 0 Å². The van der Waals surface area contributed by atoms with E-state index in [1.807, 2.05) is 11.8 Å². The molecule has 6 heteroatoms. The highest BCUT2D eigenvalue weighted by molar-refractivity contribution is 8.09. The molecule has 0 radical (unpaired) electrons. The maximum absolute atomic E-state index is 11.3. The summed E-state index contributed by atoms with van der Waals surface area (Å²) in [5, 5.41) is 0. The van der Waals surface area contributed by atoms with Gasteiger partial charge < -0.3 is 0 Å². The molecule has 0 saturated heterocycles.